The van der Waals surface area contributed by atoms with Gasteiger partial charge in [-0.3, -0.25) is 14.5 Å². The largest absolute Gasteiger partial charge is 0.480 e. The van der Waals surface area contributed by atoms with Crippen molar-refractivity contribution in [2.24, 2.45) is 0 Å². The second-order valence-corrected chi connectivity index (χ2v) is 5.82. The van der Waals surface area contributed by atoms with Crippen molar-refractivity contribution in [1.29, 1.82) is 0 Å². The van der Waals surface area contributed by atoms with Gasteiger partial charge in [0.15, 0.2) is 11.6 Å². The minimum absolute atomic E-state index is 0.00147. The molecule has 1 fully saturated rings. The van der Waals surface area contributed by atoms with Crippen LogP contribution in [0.4, 0.5) is 8.78 Å². The van der Waals surface area contributed by atoms with Gasteiger partial charge in [-0.25, -0.2) is 8.78 Å². The number of amides is 1. The summed E-state index contributed by atoms with van der Waals surface area (Å²) in [4.78, 5) is 26.6. The predicted octanol–water partition coefficient (Wildman–Crippen LogP) is 2.03. The molecule has 1 saturated heterocycles. The Morgan fingerprint density at radius 3 is 2.70 bits per heavy atom. The van der Waals surface area contributed by atoms with E-state index in [0.29, 0.717) is 18.5 Å². The lowest BCUT2D eigenvalue weighted by Crippen LogP contribution is -2.44. The number of nitrogens with zero attached hydrogens (tertiary/aromatic N) is 2. The first-order valence-corrected chi connectivity index (χ1v) is 7.48. The van der Waals surface area contributed by atoms with Gasteiger partial charge in [0.25, 0.3) is 0 Å². The van der Waals surface area contributed by atoms with Crippen molar-refractivity contribution in [3.05, 3.63) is 35.4 Å². The molecule has 1 heterocycles. The summed E-state index contributed by atoms with van der Waals surface area (Å²) in [6, 6.07) is 2.46. The van der Waals surface area contributed by atoms with Crippen LogP contribution in [0.1, 0.15) is 31.4 Å². The summed E-state index contributed by atoms with van der Waals surface area (Å²) in [6.45, 7) is 2.28. The summed E-state index contributed by atoms with van der Waals surface area (Å²) < 4.78 is 26.3. The molecule has 0 spiro atoms. The van der Waals surface area contributed by atoms with Crippen LogP contribution in [0.25, 0.3) is 0 Å². The minimum Gasteiger partial charge on any atom is -0.480 e. The number of benzene rings is 1. The number of carboxylic acids is 1. The quantitative estimate of drug-likeness (QED) is 0.899. The second kappa shape index (κ2) is 7.04. The topological polar surface area (TPSA) is 60.9 Å². The first kappa shape index (κ1) is 17.3. The van der Waals surface area contributed by atoms with Crippen molar-refractivity contribution in [2.45, 2.75) is 31.8 Å². The summed E-state index contributed by atoms with van der Waals surface area (Å²) in [5.41, 5.74) is 0.482. The third kappa shape index (κ3) is 3.85. The number of hydrogen-bond acceptors (Lipinski definition) is 3. The molecule has 23 heavy (non-hydrogen) atoms. The average molecular weight is 326 g/mol. The van der Waals surface area contributed by atoms with Crippen LogP contribution in [0.15, 0.2) is 18.2 Å². The molecule has 0 radical (unpaired) electrons. The van der Waals surface area contributed by atoms with E-state index in [-0.39, 0.29) is 12.5 Å². The molecule has 1 aliphatic rings. The molecule has 7 heteroatoms. The highest BCUT2D eigenvalue weighted by Gasteiger charge is 2.32. The second-order valence-electron chi connectivity index (χ2n) is 5.82. The Bertz CT molecular complexity index is 609. The van der Waals surface area contributed by atoms with Crippen molar-refractivity contribution in [2.75, 3.05) is 20.1 Å². The molecule has 0 aromatic heterocycles. The molecule has 0 unspecified atom stereocenters. The van der Waals surface area contributed by atoms with E-state index in [9.17, 15) is 18.4 Å². The van der Waals surface area contributed by atoms with Gasteiger partial charge < -0.3 is 10.0 Å². The lowest BCUT2D eigenvalue weighted by atomic mass is 10.1. The van der Waals surface area contributed by atoms with Gasteiger partial charge in [-0.05, 0) is 44.0 Å². The van der Waals surface area contributed by atoms with E-state index in [4.69, 9.17) is 5.11 Å². The Labute approximate surface area is 133 Å². The first-order valence-electron chi connectivity index (χ1n) is 7.48. The van der Waals surface area contributed by atoms with Crippen LogP contribution >= 0.6 is 0 Å². The summed E-state index contributed by atoms with van der Waals surface area (Å²) in [5.74, 6) is -3.07. The van der Waals surface area contributed by atoms with Gasteiger partial charge in [0.05, 0.1) is 12.6 Å². The van der Waals surface area contributed by atoms with Crippen molar-refractivity contribution in [3.63, 3.8) is 0 Å². The van der Waals surface area contributed by atoms with Crippen LogP contribution in [0.5, 0.6) is 0 Å². The fraction of sp³-hybridized carbons (Fsp3) is 0.500. The Morgan fingerprint density at radius 1 is 1.39 bits per heavy atom. The zero-order valence-electron chi connectivity index (χ0n) is 13.1. The fourth-order valence-corrected chi connectivity index (χ4v) is 2.79. The number of hydrogen-bond donors (Lipinski definition) is 1. The lowest BCUT2D eigenvalue weighted by Gasteiger charge is -2.28. The molecule has 2 rings (SSSR count). The maximum Gasteiger partial charge on any atom is 0.320 e. The minimum atomic E-state index is -0.958. The molecular weight excluding hydrogens is 306 g/mol. The zero-order chi connectivity index (χ0) is 17.1. The Balaban J connectivity index is 2.03. The Hall–Kier alpha value is -2.02. The fourth-order valence-electron chi connectivity index (χ4n) is 2.79. The van der Waals surface area contributed by atoms with Gasteiger partial charge in [-0.1, -0.05) is 6.07 Å². The van der Waals surface area contributed by atoms with Gasteiger partial charge in [0.1, 0.15) is 6.04 Å². The van der Waals surface area contributed by atoms with E-state index in [1.807, 2.05) is 0 Å². The van der Waals surface area contributed by atoms with Gasteiger partial charge in [-0.2, -0.15) is 0 Å². The highest BCUT2D eigenvalue weighted by Crippen LogP contribution is 2.22. The SMILES string of the molecule is C[C@@H](c1ccc(F)c(F)c1)N(C)C(=O)CN1CCC[C@H]1C(=O)O. The monoisotopic (exact) mass is 326 g/mol. The van der Waals surface area contributed by atoms with Crippen LogP contribution in [-0.2, 0) is 9.59 Å². The first-order chi connectivity index (χ1) is 10.8. The van der Waals surface area contributed by atoms with Crippen LogP contribution in [0.3, 0.4) is 0 Å². The molecule has 1 aromatic carbocycles. The number of carbonyl (C=O) groups is 2. The molecular formula is C16H20F2N2O3. The van der Waals surface area contributed by atoms with Crippen molar-refractivity contribution in [3.8, 4) is 0 Å². The molecule has 126 valence electrons. The Morgan fingerprint density at radius 2 is 2.09 bits per heavy atom. The van der Waals surface area contributed by atoms with Crippen molar-refractivity contribution < 1.29 is 23.5 Å². The summed E-state index contributed by atoms with van der Waals surface area (Å²) >= 11 is 0. The van der Waals surface area contributed by atoms with E-state index >= 15 is 0 Å². The average Bonchev–Trinajstić information content (AvgIpc) is 2.96. The highest BCUT2D eigenvalue weighted by molar-refractivity contribution is 5.80. The van der Waals surface area contributed by atoms with Crippen LogP contribution in [0.2, 0.25) is 0 Å². The number of carbonyl (C=O) groups excluding carboxylic acids is 1. The molecule has 2 atom stereocenters. The maximum atomic E-state index is 13.3. The van der Waals surface area contributed by atoms with E-state index in [0.717, 1.165) is 18.6 Å². The van der Waals surface area contributed by atoms with Gasteiger partial charge in [0.2, 0.25) is 5.91 Å². The van der Waals surface area contributed by atoms with Crippen LogP contribution in [0, 0.1) is 11.6 Å². The number of aliphatic carboxylic acids is 1. The molecule has 5 nitrogen and oxygen atoms in total. The van der Waals surface area contributed by atoms with Crippen molar-refractivity contribution >= 4 is 11.9 Å². The smallest absolute Gasteiger partial charge is 0.320 e. The molecule has 0 bridgehead atoms. The molecule has 1 aliphatic heterocycles. The van der Waals surface area contributed by atoms with Gasteiger partial charge in [-0.15, -0.1) is 0 Å². The molecule has 1 aromatic rings. The number of carboxylic acid groups (broad SMARTS) is 1. The summed E-state index contributed by atoms with van der Waals surface area (Å²) in [5, 5.41) is 9.14. The van der Waals surface area contributed by atoms with Crippen molar-refractivity contribution in [1.82, 2.24) is 9.80 Å². The molecule has 1 amide bonds. The van der Waals surface area contributed by atoms with E-state index < -0.39 is 29.7 Å². The number of likely N-dealkylation sites (tertiary alicyclic amines) is 1. The highest BCUT2D eigenvalue weighted by atomic mass is 19.2. The number of rotatable bonds is 5. The molecule has 0 aliphatic carbocycles. The van der Waals surface area contributed by atoms with E-state index in [1.165, 1.54) is 11.0 Å². The van der Waals surface area contributed by atoms with Crippen LogP contribution in [-0.4, -0.2) is 53.0 Å². The number of halogens is 2. The van der Waals surface area contributed by atoms with Gasteiger partial charge in [0, 0.05) is 7.05 Å². The summed E-state index contributed by atoms with van der Waals surface area (Å²) in [7, 11) is 1.57. The third-order valence-corrected chi connectivity index (χ3v) is 4.39. The van der Waals surface area contributed by atoms with E-state index in [1.54, 1.807) is 18.9 Å². The zero-order valence-corrected chi connectivity index (χ0v) is 13.1. The van der Waals surface area contributed by atoms with Crippen LogP contribution < -0.4 is 0 Å². The molecule has 0 saturated carbocycles. The summed E-state index contributed by atoms with van der Waals surface area (Å²) in [6.07, 6.45) is 1.28. The number of likely N-dealkylation sites (N-methyl/N-ethyl adjacent to an activating group) is 1. The van der Waals surface area contributed by atoms with E-state index in [2.05, 4.69) is 0 Å². The Kier molecular flexibility index (Phi) is 5.30. The normalized spacial score (nSPS) is 19.6. The third-order valence-electron chi connectivity index (χ3n) is 4.39. The standard InChI is InChI=1S/C16H20F2N2O3/c1-10(11-5-6-12(17)13(18)8-11)19(2)15(21)9-20-7-3-4-14(20)16(22)23/h5-6,8,10,14H,3-4,7,9H2,1-2H3,(H,22,23)/t10-,14-/m0/s1. The molecule has 1 N–H and O–H groups in total. The lowest BCUT2D eigenvalue weighted by molar-refractivity contribution is -0.143. The predicted molar refractivity (Wildman–Crippen MR) is 79.8 cm³/mol. The van der Waals surface area contributed by atoms with Gasteiger partial charge >= 0.3 is 5.97 Å². The maximum absolute atomic E-state index is 13.3.